The maximum Gasteiger partial charge on any atom is 0.267 e. The molecule has 0 radical (unpaired) electrons. The molecule has 18 heavy (non-hydrogen) atoms. The van der Waals surface area contributed by atoms with E-state index in [4.69, 9.17) is 5.73 Å². The SMILES string of the molecule is C[C@@H](Nc1cccc(C(N)=O)n1)c1ccccc1. The molecule has 4 nitrogen and oxygen atoms in total. The van der Waals surface area contributed by atoms with Gasteiger partial charge in [-0.15, -0.1) is 0 Å². The molecular weight excluding hydrogens is 226 g/mol. The van der Waals surface area contributed by atoms with E-state index in [9.17, 15) is 4.79 Å². The second-order valence-corrected chi connectivity index (χ2v) is 4.05. The first-order valence-electron chi connectivity index (χ1n) is 5.75. The smallest absolute Gasteiger partial charge is 0.267 e. The number of amides is 1. The highest BCUT2D eigenvalue weighted by Gasteiger charge is 2.07. The summed E-state index contributed by atoms with van der Waals surface area (Å²) >= 11 is 0. The third-order valence-electron chi connectivity index (χ3n) is 2.67. The lowest BCUT2D eigenvalue weighted by molar-refractivity contribution is 0.0995. The van der Waals surface area contributed by atoms with Gasteiger partial charge in [0.15, 0.2) is 0 Å². The number of rotatable bonds is 4. The number of carbonyl (C=O) groups excluding carboxylic acids is 1. The molecule has 0 aliphatic heterocycles. The van der Waals surface area contributed by atoms with Gasteiger partial charge in [-0.2, -0.15) is 0 Å². The Morgan fingerprint density at radius 2 is 1.89 bits per heavy atom. The van der Waals surface area contributed by atoms with Gasteiger partial charge < -0.3 is 11.1 Å². The van der Waals surface area contributed by atoms with Crippen LogP contribution in [-0.2, 0) is 0 Å². The van der Waals surface area contributed by atoms with Crippen molar-refractivity contribution in [2.75, 3.05) is 5.32 Å². The van der Waals surface area contributed by atoms with E-state index < -0.39 is 5.91 Å². The van der Waals surface area contributed by atoms with Gasteiger partial charge in [0.1, 0.15) is 11.5 Å². The second kappa shape index (κ2) is 5.31. The van der Waals surface area contributed by atoms with Crippen LogP contribution in [-0.4, -0.2) is 10.9 Å². The lowest BCUT2D eigenvalue weighted by Gasteiger charge is -2.15. The van der Waals surface area contributed by atoms with Crippen molar-refractivity contribution in [2.45, 2.75) is 13.0 Å². The second-order valence-electron chi connectivity index (χ2n) is 4.05. The molecule has 0 aliphatic rings. The first kappa shape index (κ1) is 12.1. The van der Waals surface area contributed by atoms with Gasteiger partial charge in [0.2, 0.25) is 0 Å². The zero-order valence-electron chi connectivity index (χ0n) is 10.1. The Morgan fingerprint density at radius 3 is 2.56 bits per heavy atom. The summed E-state index contributed by atoms with van der Waals surface area (Å²) in [4.78, 5) is 15.2. The quantitative estimate of drug-likeness (QED) is 0.863. The molecule has 2 rings (SSSR count). The van der Waals surface area contributed by atoms with E-state index in [2.05, 4.69) is 10.3 Å². The van der Waals surface area contributed by atoms with E-state index in [1.54, 1.807) is 12.1 Å². The Hall–Kier alpha value is -2.36. The molecule has 0 fully saturated rings. The van der Waals surface area contributed by atoms with Gasteiger partial charge in [-0.25, -0.2) is 4.98 Å². The molecule has 4 heteroatoms. The van der Waals surface area contributed by atoms with E-state index in [0.29, 0.717) is 5.82 Å². The van der Waals surface area contributed by atoms with Gasteiger partial charge in [-0.3, -0.25) is 4.79 Å². The summed E-state index contributed by atoms with van der Waals surface area (Å²) in [5.74, 6) is 0.119. The van der Waals surface area contributed by atoms with Gasteiger partial charge in [0.05, 0.1) is 0 Å². The molecule has 1 heterocycles. The standard InChI is InChI=1S/C14H15N3O/c1-10(11-6-3-2-4-7-11)16-13-9-5-8-12(17-13)14(15)18/h2-10H,1H3,(H2,15,18)(H,16,17)/t10-/m1/s1. The summed E-state index contributed by atoms with van der Waals surface area (Å²) in [6.07, 6.45) is 0. The van der Waals surface area contributed by atoms with Gasteiger partial charge in [0, 0.05) is 6.04 Å². The van der Waals surface area contributed by atoms with Crippen molar-refractivity contribution >= 4 is 11.7 Å². The molecule has 2 aromatic rings. The summed E-state index contributed by atoms with van der Waals surface area (Å²) in [7, 11) is 0. The molecule has 0 unspecified atom stereocenters. The molecule has 0 aliphatic carbocycles. The van der Waals surface area contributed by atoms with Gasteiger partial charge in [-0.1, -0.05) is 36.4 Å². The van der Waals surface area contributed by atoms with E-state index in [1.807, 2.05) is 43.3 Å². The van der Waals surface area contributed by atoms with E-state index in [0.717, 1.165) is 5.56 Å². The van der Waals surface area contributed by atoms with Crippen LogP contribution in [0, 0.1) is 0 Å². The topological polar surface area (TPSA) is 68.0 Å². The number of nitrogens with two attached hydrogens (primary N) is 1. The van der Waals surface area contributed by atoms with E-state index in [-0.39, 0.29) is 11.7 Å². The first-order valence-corrected chi connectivity index (χ1v) is 5.75. The first-order chi connectivity index (χ1) is 8.66. The fourth-order valence-corrected chi connectivity index (χ4v) is 1.70. The average molecular weight is 241 g/mol. The maximum atomic E-state index is 11.0. The summed E-state index contributed by atoms with van der Waals surface area (Å²) < 4.78 is 0. The molecule has 1 aromatic heterocycles. The maximum absolute atomic E-state index is 11.0. The Bertz CT molecular complexity index is 540. The Balaban J connectivity index is 2.14. The number of pyridine rings is 1. The Labute approximate surface area is 106 Å². The lowest BCUT2D eigenvalue weighted by atomic mass is 10.1. The molecule has 92 valence electrons. The Kier molecular flexibility index (Phi) is 3.57. The largest absolute Gasteiger partial charge is 0.364 e. The fraction of sp³-hybridized carbons (Fsp3) is 0.143. The number of hydrogen-bond donors (Lipinski definition) is 2. The summed E-state index contributed by atoms with van der Waals surface area (Å²) in [6.45, 7) is 2.04. The summed E-state index contributed by atoms with van der Waals surface area (Å²) in [5, 5.41) is 3.23. The van der Waals surface area contributed by atoms with Crippen molar-refractivity contribution < 1.29 is 4.79 Å². The highest BCUT2D eigenvalue weighted by Crippen LogP contribution is 2.17. The van der Waals surface area contributed by atoms with Crippen LogP contribution >= 0.6 is 0 Å². The third kappa shape index (κ3) is 2.85. The van der Waals surface area contributed by atoms with Gasteiger partial charge in [-0.05, 0) is 24.6 Å². The highest BCUT2D eigenvalue weighted by molar-refractivity contribution is 5.91. The van der Waals surface area contributed by atoms with Crippen molar-refractivity contribution in [1.29, 1.82) is 0 Å². The van der Waals surface area contributed by atoms with Gasteiger partial charge in [0.25, 0.3) is 5.91 Å². The summed E-state index contributed by atoms with van der Waals surface area (Å²) in [5.41, 5.74) is 6.62. The van der Waals surface area contributed by atoms with Crippen molar-refractivity contribution in [1.82, 2.24) is 4.98 Å². The normalized spacial score (nSPS) is 11.8. The van der Waals surface area contributed by atoms with Crippen molar-refractivity contribution in [3.05, 3.63) is 59.8 Å². The van der Waals surface area contributed by atoms with Crippen LogP contribution < -0.4 is 11.1 Å². The van der Waals surface area contributed by atoms with Gasteiger partial charge >= 0.3 is 0 Å². The van der Waals surface area contributed by atoms with Crippen molar-refractivity contribution in [3.63, 3.8) is 0 Å². The third-order valence-corrected chi connectivity index (χ3v) is 2.67. The van der Waals surface area contributed by atoms with E-state index in [1.165, 1.54) is 0 Å². The minimum absolute atomic E-state index is 0.113. The predicted octanol–water partition coefficient (Wildman–Crippen LogP) is 2.35. The lowest BCUT2D eigenvalue weighted by Crippen LogP contribution is -2.15. The molecule has 0 saturated carbocycles. The van der Waals surface area contributed by atoms with Crippen LogP contribution in [0.1, 0.15) is 29.0 Å². The zero-order valence-corrected chi connectivity index (χ0v) is 10.1. The predicted molar refractivity (Wildman–Crippen MR) is 71.2 cm³/mol. The highest BCUT2D eigenvalue weighted by atomic mass is 16.1. The molecule has 0 saturated heterocycles. The fourth-order valence-electron chi connectivity index (χ4n) is 1.70. The van der Waals surface area contributed by atoms with Crippen LogP contribution in [0.5, 0.6) is 0 Å². The van der Waals surface area contributed by atoms with Crippen LogP contribution in [0.15, 0.2) is 48.5 Å². The summed E-state index contributed by atoms with van der Waals surface area (Å²) in [6, 6.07) is 15.3. The minimum Gasteiger partial charge on any atom is -0.364 e. The monoisotopic (exact) mass is 241 g/mol. The number of nitrogens with zero attached hydrogens (tertiary/aromatic N) is 1. The number of anilines is 1. The zero-order chi connectivity index (χ0) is 13.0. The molecular formula is C14H15N3O. The van der Waals surface area contributed by atoms with E-state index >= 15 is 0 Å². The average Bonchev–Trinajstić information content (AvgIpc) is 2.40. The van der Waals surface area contributed by atoms with Crippen molar-refractivity contribution in [2.24, 2.45) is 5.73 Å². The molecule has 1 aromatic carbocycles. The molecule has 3 N–H and O–H groups in total. The molecule has 0 bridgehead atoms. The van der Waals surface area contributed by atoms with Crippen LogP contribution in [0.3, 0.4) is 0 Å². The molecule has 1 atom stereocenters. The van der Waals surface area contributed by atoms with Crippen molar-refractivity contribution in [3.8, 4) is 0 Å². The minimum atomic E-state index is -0.522. The number of carbonyl (C=O) groups is 1. The van der Waals surface area contributed by atoms with Crippen LogP contribution in [0.25, 0.3) is 0 Å². The molecule has 0 spiro atoms. The molecule has 1 amide bonds. The Morgan fingerprint density at radius 1 is 1.17 bits per heavy atom. The number of primary amides is 1. The number of nitrogens with one attached hydrogen (secondary N) is 1. The number of hydrogen-bond acceptors (Lipinski definition) is 3. The van der Waals surface area contributed by atoms with Crippen LogP contribution in [0.4, 0.5) is 5.82 Å². The van der Waals surface area contributed by atoms with Crippen LogP contribution in [0.2, 0.25) is 0 Å². The number of benzene rings is 1. The number of aromatic nitrogens is 1.